The van der Waals surface area contributed by atoms with Crippen LogP contribution in [0.1, 0.15) is 29.5 Å². The Hall–Kier alpha value is -2.90. The Morgan fingerprint density at radius 3 is 2.71 bits per heavy atom. The van der Waals surface area contributed by atoms with Crippen LogP contribution in [0.15, 0.2) is 34.9 Å². The van der Waals surface area contributed by atoms with E-state index in [4.69, 9.17) is 10.3 Å². The van der Waals surface area contributed by atoms with Crippen molar-refractivity contribution in [1.82, 2.24) is 15.4 Å². The van der Waals surface area contributed by atoms with Gasteiger partial charge < -0.3 is 20.5 Å². The third-order valence-corrected chi connectivity index (χ3v) is 3.48. The monoisotopic (exact) mass is 334 g/mol. The number of hydrogen-bond acceptors (Lipinski definition) is 4. The minimum absolute atomic E-state index is 0.128. The molecule has 3 amide bonds. The van der Waals surface area contributed by atoms with Crippen LogP contribution < -0.4 is 11.1 Å². The number of aryl methyl sites for hydroxylation is 1. The van der Waals surface area contributed by atoms with Gasteiger partial charge in [-0.1, -0.05) is 23.4 Å². The average Bonchev–Trinajstić information content (AvgIpc) is 2.91. The number of nitrogens with two attached hydrogens (primary N) is 1. The van der Waals surface area contributed by atoms with Gasteiger partial charge in [0.1, 0.15) is 17.3 Å². The standard InChI is InChI=1S/C16H19FN4O3/c1-10-7-11(20-24-10)9-21(2)15(22)8-14(19-16(18)23)12-5-3-4-6-13(12)17/h3-7,14H,8-9H2,1-2H3,(H3,18,19,23)/t14-/m1/s1. The van der Waals surface area contributed by atoms with E-state index >= 15 is 0 Å². The Labute approximate surface area is 138 Å². The molecule has 2 rings (SSSR count). The lowest BCUT2D eigenvalue weighted by Gasteiger charge is -2.22. The van der Waals surface area contributed by atoms with E-state index in [0.29, 0.717) is 11.5 Å². The van der Waals surface area contributed by atoms with Crippen molar-refractivity contribution < 1.29 is 18.5 Å². The molecule has 0 aliphatic heterocycles. The number of nitrogens with one attached hydrogen (secondary N) is 1. The van der Waals surface area contributed by atoms with Crippen molar-refractivity contribution in [3.63, 3.8) is 0 Å². The van der Waals surface area contributed by atoms with Crippen molar-refractivity contribution in [2.24, 2.45) is 5.73 Å². The van der Waals surface area contributed by atoms with Gasteiger partial charge >= 0.3 is 6.03 Å². The smallest absolute Gasteiger partial charge is 0.312 e. The number of carbonyl (C=O) groups is 2. The average molecular weight is 334 g/mol. The number of nitrogens with zero attached hydrogens (tertiary/aromatic N) is 2. The molecule has 2 aromatic rings. The molecule has 0 aliphatic carbocycles. The second-order valence-electron chi connectivity index (χ2n) is 5.47. The van der Waals surface area contributed by atoms with Crippen LogP contribution in [0.2, 0.25) is 0 Å². The fourth-order valence-electron chi connectivity index (χ4n) is 2.32. The summed E-state index contributed by atoms with van der Waals surface area (Å²) >= 11 is 0. The number of rotatable bonds is 6. The highest BCUT2D eigenvalue weighted by Gasteiger charge is 2.22. The lowest BCUT2D eigenvalue weighted by Crippen LogP contribution is -2.37. The molecule has 3 N–H and O–H groups in total. The molecule has 0 aliphatic rings. The molecule has 0 spiro atoms. The van der Waals surface area contributed by atoms with Crippen molar-refractivity contribution in [2.45, 2.75) is 25.9 Å². The van der Waals surface area contributed by atoms with Crippen LogP contribution in [0.3, 0.4) is 0 Å². The summed E-state index contributed by atoms with van der Waals surface area (Å²) in [6, 6.07) is 5.96. The maximum Gasteiger partial charge on any atom is 0.312 e. The summed E-state index contributed by atoms with van der Waals surface area (Å²) in [5.74, 6) is -0.165. The van der Waals surface area contributed by atoms with Gasteiger partial charge in [0.15, 0.2) is 0 Å². The molecule has 0 saturated carbocycles. The fourth-order valence-corrected chi connectivity index (χ4v) is 2.32. The Kier molecular flexibility index (Phi) is 5.51. The second kappa shape index (κ2) is 7.58. The molecule has 128 valence electrons. The molecule has 1 aromatic heterocycles. The van der Waals surface area contributed by atoms with E-state index in [1.54, 1.807) is 26.1 Å². The summed E-state index contributed by atoms with van der Waals surface area (Å²) < 4.78 is 18.9. The van der Waals surface area contributed by atoms with Gasteiger partial charge in [0.05, 0.1) is 19.0 Å². The Balaban J connectivity index is 2.09. The first kappa shape index (κ1) is 17.5. The second-order valence-corrected chi connectivity index (χ2v) is 5.47. The SMILES string of the molecule is Cc1cc(CN(C)C(=O)C[C@@H](NC(N)=O)c2ccccc2F)no1. The highest BCUT2D eigenvalue weighted by molar-refractivity contribution is 5.78. The largest absolute Gasteiger partial charge is 0.361 e. The van der Waals surface area contributed by atoms with E-state index in [-0.39, 0.29) is 24.4 Å². The number of aromatic nitrogens is 1. The zero-order valence-electron chi connectivity index (χ0n) is 13.5. The Morgan fingerprint density at radius 2 is 2.12 bits per heavy atom. The molecule has 1 heterocycles. The molecule has 1 atom stereocenters. The van der Waals surface area contributed by atoms with Gasteiger partial charge in [-0.3, -0.25) is 4.79 Å². The van der Waals surface area contributed by atoms with Crippen LogP contribution >= 0.6 is 0 Å². The molecular formula is C16H19FN4O3. The van der Waals surface area contributed by atoms with Gasteiger partial charge in [-0.2, -0.15) is 0 Å². The van der Waals surface area contributed by atoms with Crippen molar-refractivity contribution in [1.29, 1.82) is 0 Å². The number of primary amides is 1. The van der Waals surface area contributed by atoms with Crippen LogP contribution in [0.4, 0.5) is 9.18 Å². The normalized spacial score (nSPS) is 11.8. The first-order valence-electron chi connectivity index (χ1n) is 7.33. The van der Waals surface area contributed by atoms with E-state index in [1.165, 1.54) is 23.1 Å². The summed E-state index contributed by atoms with van der Waals surface area (Å²) in [5.41, 5.74) is 5.95. The highest BCUT2D eigenvalue weighted by atomic mass is 19.1. The summed E-state index contributed by atoms with van der Waals surface area (Å²) in [4.78, 5) is 25.0. The maximum atomic E-state index is 14.0. The maximum absolute atomic E-state index is 14.0. The minimum atomic E-state index is -0.849. The molecule has 0 radical (unpaired) electrons. The molecule has 0 bridgehead atoms. The van der Waals surface area contributed by atoms with Crippen LogP contribution in [-0.4, -0.2) is 29.0 Å². The van der Waals surface area contributed by atoms with Crippen molar-refractivity contribution in [3.8, 4) is 0 Å². The molecule has 0 unspecified atom stereocenters. The molecular weight excluding hydrogens is 315 g/mol. The Bertz CT molecular complexity index is 732. The number of halogens is 1. The molecule has 24 heavy (non-hydrogen) atoms. The molecule has 0 saturated heterocycles. The highest BCUT2D eigenvalue weighted by Crippen LogP contribution is 2.21. The van der Waals surface area contributed by atoms with E-state index in [1.807, 2.05) is 0 Å². The molecule has 1 aromatic carbocycles. The van der Waals surface area contributed by atoms with Gasteiger partial charge in [-0.25, -0.2) is 9.18 Å². The van der Waals surface area contributed by atoms with Crippen LogP contribution in [0.25, 0.3) is 0 Å². The third kappa shape index (κ3) is 4.55. The lowest BCUT2D eigenvalue weighted by atomic mass is 10.0. The minimum Gasteiger partial charge on any atom is -0.361 e. The van der Waals surface area contributed by atoms with Crippen LogP contribution in [0.5, 0.6) is 0 Å². The summed E-state index contributed by atoms with van der Waals surface area (Å²) in [5, 5.41) is 6.23. The van der Waals surface area contributed by atoms with Gasteiger partial charge in [0, 0.05) is 18.7 Å². The topological polar surface area (TPSA) is 101 Å². The fraction of sp³-hybridized carbons (Fsp3) is 0.312. The van der Waals surface area contributed by atoms with E-state index in [2.05, 4.69) is 10.5 Å². The van der Waals surface area contributed by atoms with Gasteiger partial charge in [-0.05, 0) is 13.0 Å². The number of amides is 3. The van der Waals surface area contributed by atoms with Gasteiger partial charge in [-0.15, -0.1) is 0 Å². The van der Waals surface area contributed by atoms with Crippen molar-refractivity contribution >= 4 is 11.9 Å². The van der Waals surface area contributed by atoms with E-state index in [0.717, 1.165) is 0 Å². The van der Waals surface area contributed by atoms with Gasteiger partial charge in [0.25, 0.3) is 0 Å². The third-order valence-electron chi connectivity index (χ3n) is 3.48. The number of urea groups is 1. The predicted octanol–water partition coefficient (Wildman–Crippen LogP) is 1.88. The van der Waals surface area contributed by atoms with Crippen molar-refractivity contribution in [2.75, 3.05) is 7.05 Å². The number of carbonyl (C=O) groups excluding carboxylic acids is 2. The summed E-state index contributed by atoms with van der Waals surface area (Å²) in [6.45, 7) is 2.00. The van der Waals surface area contributed by atoms with E-state index < -0.39 is 17.9 Å². The number of benzene rings is 1. The first-order chi connectivity index (χ1) is 11.4. The van der Waals surface area contributed by atoms with Gasteiger partial charge in [0.2, 0.25) is 5.91 Å². The predicted molar refractivity (Wildman–Crippen MR) is 84.2 cm³/mol. The van der Waals surface area contributed by atoms with Crippen molar-refractivity contribution in [3.05, 3.63) is 53.2 Å². The molecule has 7 nitrogen and oxygen atoms in total. The lowest BCUT2D eigenvalue weighted by molar-refractivity contribution is -0.131. The zero-order chi connectivity index (χ0) is 17.7. The summed E-state index contributed by atoms with van der Waals surface area (Å²) in [6.07, 6.45) is -0.128. The summed E-state index contributed by atoms with van der Waals surface area (Å²) in [7, 11) is 1.59. The Morgan fingerprint density at radius 1 is 1.42 bits per heavy atom. The molecule has 8 heteroatoms. The first-order valence-corrected chi connectivity index (χ1v) is 7.33. The van der Waals surface area contributed by atoms with Crippen LogP contribution in [-0.2, 0) is 11.3 Å². The molecule has 0 fully saturated rings. The van der Waals surface area contributed by atoms with E-state index in [9.17, 15) is 14.0 Å². The number of hydrogen-bond donors (Lipinski definition) is 2. The van der Waals surface area contributed by atoms with Crippen LogP contribution in [0, 0.1) is 12.7 Å². The quantitative estimate of drug-likeness (QED) is 0.842. The zero-order valence-corrected chi connectivity index (χ0v) is 13.5.